The van der Waals surface area contributed by atoms with Crippen LogP contribution in [-0.2, 0) is 38.8 Å². The van der Waals surface area contributed by atoms with Gasteiger partial charge in [0.25, 0.3) is 0 Å². The summed E-state index contributed by atoms with van der Waals surface area (Å²) in [6, 6.07) is 8.93. The molecule has 0 aliphatic carbocycles. The third-order valence-electron chi connectivity index (χ3n) is 16.2. The van der Waals surface area contributed by atoms with Crippen molar-refractivity contribution in [1.29, 1.82) is 0 Å². The normalized spacial score (nSPS) is 20.3. The number of carbonyl (C=O) groups is 4. The fourth-order valence-electron chi connectivity index (χ4n) is 11.3. The molecule has 1 spiro atoms. The number of piperidine rings is 2. The second-order valence-corrected chi connectivity index (χ2v) is 24.9. The number of nitrogens with zero attached hydrogens (tertiary/aromatic N) is 9. The molecule has 1 unspecified atom stereocenters. The van der Waals surface area contributed by atoms with Gasteiger partial charge in [-0.1, -0.05) is 70.7 Å². The van der Waals surface area contributed by atoms with Crippen LogP contribution in [0.2, 0.25) is 0 Å². The maximum absolute atomic E-state index is 15.8. The van der Waals surface area contributed by atoms with Crippen LogP contribution in [0.3, 0.4) is 0 Å². The third-order valence-corrected chi connectivity index (χ3v) is 17.2. The number of aromatic nitrogens is 4. The van der Waals surface area contributed by atoms with Crippen LogP contribution in [0.15, 0.2) is 88.9 Å². The molecular formula is C59H77F2N13O4S. The van der Waals surface area contributed by atoms with E-state index in [4.69, 9.17) is 0 Å². The van der Waals surface area contributed by atoms with Crippen LogP contribution < -0.4 is 26.2 Å². The quantitative estimate of drug-likeness (QED) is 0.0812. The maximum atomic E-state index is 15.8. The second kappa shape index (κ2) is 23.9. The number of benzene rings is 2. The summed E-state index contributed by atoms with van der Waals surface area (Å²) in [5.74, 6) is -1.34. The van der Waals surface area contributed by atoms with Crippen molar-refractivity contribution in [3.05, 3.63) is 118 Å². The summed E-state index contributed by atoms with van der Waals surface area (Å²) in [4.78, 5) is 72.4. The number of aliphatic imine (C=N–C) groups is 1. The fraction of sp³-hybridized carbons (Fsp3) is 0.525. The van der Waals surface area contributed by atoms with Crippen LogP contribution >= 0.6 is 11.3 Å². The average molecular weight is 1100 g/mol. The van der Waals surface area contributed by atoms with Crippen LogP contribution in [-0.4, -0.2) is 128 Å². The summed E-state index contributed by atoms with van der Waals surface area (Å²) in [5, 5.41) is 21.4. The molecule has 4 N–H and O–H groups in total. The van der Waals surface area contributed by atoms with Crippen molar-refractivity contribution in [3.63, 3.8) is 0 Å². The Morgan fingerprint density at radius 1 is 0.962 bits per heavy atom. The predicted molar refractivity (Wildman–Crippen MR) is 303 cm³/mol. The van der Waals surface area contributed by atoms with Gasteiger partial charge in [-0.2, -0.15) is 0 Å². The molecule has 79 heavy (non-hydrogen) atoms. The van der Waals surface area contributed by atoms with Crippen LogP contribution in [0, 0.1) is 29.4 Å². The van der Waals surface area contributed by atoms with E-state index in [0.717, 1.165) is 53.3 Å². The molecule has 4 fully saturated rings. The molecule has 7 heterocycles. The van der Waals surface area contributed by atoms with E-state index < -0.39 is 34.7 Å². The number of halogens is 2. The molecule has 3 atom stereocenters. The van der Waals surface area contributed by atoms with E-state index in [1.165, 1.54) is 12.1 Å². The molecule has 0 saturated carbocycles. The van der Waals surface area contributed by atoms with Crippen molar-refractivity contribution in [2.75, 3.05) is 50.7 Å². The summed E-state index contributed by atoms with van der Waals surface area (Å²) in [6.07, 6.45) is 12.5. The van der Waals surface area contributed by atoms with Crippen LogP contribution in [0.4, 0.5) is 14.5 Å². The Bertz CT molecular complexity index is 3000. The van der Waals surface area contributed by atoms with Gasteiger partial charge in [0.05, 0.1) is 52.6 Å². The minimum atomic E-state index is -0.833. The molecule has 17 nitrogen and oxygen atoms in total. The van der Waals surface area contributed by atoms with Gasteiger partial charge in [-0.05, 0) is 112 Å². The highest BCUT2D eigenvalue weighted by atomic mass is 32.1. The van der Waals surface area contributed by atoms with E-state index in [-0.39, 0.29) is 53.7 Å². The molecule has 9 rings (SSSR count). The molecule has 422 valence electrons. The van der Waals surface area contributed by atoms with E-state index in [1.54, 1.807) is 32.0 Å². The lowest BCUT2D eigenvalue weighted by Crippen LogP contribution is -2.66. The molecule has 2 aromatic heterocycles. The topological polar surface area (TPSA) is 185 Å². The van der Waals surface area contributed by atoms with Crippen molar-refractivity contribution < 1.29 is 28.0 Å². The van der Waals surface area contributed by atoms with Crippen LogP contribution in [0.25, 0.3) is 10.4 Å². The first-order chi connectivity index (χ1) is 37.6. The Morgan fingerprint density at radius 2 is 1.71 bits per heavy atom. The highest BCUT2D eigenvalue weighted by Gasteiger charge is 2.44. The van der Waals surface area contributed by atoms with Gasteiger partial charge in [0.15, 0.2) is 0 Å². The highest BCUT2D eigenvalue weighted by Crippen LogP contribution is 2.36. The summed E-state index contributed by atoms with van der Waals surface area (Å²) in [5.41, 5.74) is 6.60. The number of carbonyl (C=O) groups excluding carboxylic acids is 4. The Morgan fingerprint density at radius 3 is 2.42 bits per heavy atom. The number of hydrogen-bond acceptors (Lipinski definition) is 13. The van der Waals surface area contributed by atoms with Gasteiger partial charge >= 0.3 is 0 Å². The molecule has 0 radical (unpaired) electrons. The van der Waals surface area contributed by atoms with Crippen molar-refractivity contribution in [3.8, 4) is 10.4 Å². The van der Waals surface area contributed by atoms with Crippen molar-refractivity contribution in [2.45, 2.75) is 143 Å². The Balaban J connectivity index is 0.731. The first-order valence-electron chi connectivity index (χ1n) is 27.8. The van der Waals surface area contributed by atoms with Gasteiger partial charge in [-0.3, -0.25) is 28.8 Å². The number of allylic oxidation sites excluding steroid dienone is 3. The minimum Gasteiger partial charge on any atom is -0.371 e. The first-order valence-corrected chi connectivity index (χ1v) is 28.7. The number of anilines is 1. The number of likely N-dealkylation sites (tertiary alicyclic amines) is 3. The number of hydrogen-bond donors (Lipinski definition) is 4. The third kappa shape index (κ3) is 14.0. The monoisotopic (exact) mass is 1100 g/mol. The number of piperazine rings is 1. The maximum Gasteiger partial charge on any atom is 0.246 e. The van der Waals surface area contributed by atoms with Crippen molar-refractivity contribution >= 4 is 46.9 Å². The Hall–Kier alpha value is -6.80. The lowest BCUT2D eigenvalue weighted by molar-refractivity contribution is -0.144. The molecule has 4 amide bonds. The zero-order valence-corrected chi connectivity index (χ0v) is 47.7. The van der Waals surface area contributed by atoms with E-state index in [2.05, 4.69) is 71.8 Å². The average Bonchev–Trinajstić information content (AvgIpc) is 4.20. The summed E-state index contributed by atoms with van der Waals surface area (Å²) in [7, 11) is 0. The van der Waals surface area contributed by atoms with Gasteiger partial charge in [-0.25, -0.2) is 18.8 Å². The molecule has 5 aliphatic rings. The molecular weight excluding hydrogens is 1020 g/mol. The van der Waals surface area contributed by atoms with Gasteiger partial charge in [0.1, 0.15) is 35.2 Å². The standard InChI is InChI=1S/C59H77F2N13O4S/c1-38-27-45(71-25-19-59(20-26-71)36-72(35-52(76)67-59)49-30-46(60)43(28-47(49)61)33-70-23-17-58(7,8)18-24-70)29-50(62-31-38)63-32-44-34-73(69-68-44)21-10-12-51(75)66-54(57(4,5)6)56(78)74-22-9-11-48(74)55(77)65-39(2)41-13-15-42(16-14-41)53-40(3)64-37-79-53/h13-16,27-31,34,37,39,48,54,63H,1,9-12,17-26,32-33,35-36H2,2-8H3,(H,65,77)(H,66,75)(H,67,76)/t39?,48-,54+/m0/s1. The minimum absolute atomic E-state index is 0.0496. The number of amides is 4. The molecule has 4 aromatic rings. The van der Waals surface area contributed by atoms with E-state index in [0.29, 0.717) is 101 Å². The Kier molecular flexibility index (Phi) is 17.2. The summed E-state index contributed by atoms with van der Waals surface area (Å²) < 4.78 is 33.1. The fourth-order valence-corrected chi connectivity index (χ4v) is 12.2. The Labute approximate surface area is 467 Å². The smallest absolute Gasteiger partial charge is 0.246 e. The van der Waals surface area contributed by atoms with E-state index in [9.17, 15) is 19.2 Å². The lowest BCUT2D eigenvalue weighted by Gasteiger charge is -2.49. The zero-order chi connectivity index (χ0) is 56.2. The number of aryl methyl sites for hydroxylation is 2. The predicted octanol–water partition coefficient (Wildman–Crippen LogP) is 7.72. The SMILES string of the molecule is C=C1C=NC(NCc2cn(CCCC(=O)N[C@H](C(=O)N3CCC[C@H]3C(=O)NC(C)c3ccc(-c4scnc4C)cc3)C(C)(C)C)nn2)=CC(N2CCC3(CC2)CN(c2cc(F)c(CN4CCC(C)(C)CC4)cc2F)CC(=O)N3)=C1. The molecule has 4 saturated heterocycles. The molecule has 20 heteroatoms. The summed E-state index contributed by atoms with van der Waals surface area (Å²) >= 11 is 1.59. The van der Waals surface area contributed by atoms with Gasteiger partial charge in [0, 0.05) is 75.3 Å². The van der Waals surface area contributed by atoms with Crippen molar-refractivity contribution in [1.82, 2.24) is 55.9 Å². The number of nitrogens with one attached hydrogen (secondary N) is 4. The van der Waals surface area contributed by atoms with Crippen LogP contribution in [0.1, 0.15) is 121 Å². The highest BCUT2D eigenvalue weighted by molar-refractivity contribution is 7.13. The second-order valence-electron chi connectivity index (χ2n) is 24.0. The molecule has 5 aliphatic heterocycles. The van der Waals surface area contributed by atoms with Gasteiger partial charge in [0.2, 0.25) is 23.6 Å². The number of rotatable bonds is 17. The van der Waals surface area contributed by atoms with Crippen LogP contribution in [0.5, 0.6) is 0 Å². The largest absolute Gasteiger partial charge is 0.371 e. The zero-order valence-electron chi connectivity index (χ0n) is 46.8. The van der Waals surface area contributed by atoms with E-state index in [1.807, 2.05) is 82.7 Å². The summed E-state index contributed by atoms with van der Waals surface area (Å²) in [6.45, 7) is 23.1. The number of thiazole rings is 1. The van der Waals surface area contributed by atoms with E-state index >= 15 is 8.78 Å². The van der Waals surface area contributed by atoms with Gasteiger partial charge < -0.3 is 36.0 Å². The molecule has 2 aromatic carbocycles. The molecule has 0 bridgehead atoms. The van der Waals surface area contributed by atoms with Gasteiger partial charge in [-0.15, -0.1) is 16.4 Å². The van der Waals surface area contributed by atoms with Crippen molar-refractivity contribution in [2.24, 2.45) is 15.8 Å². The lowest BCUT2D eigenvalue weighted by atomic mass is 9.82. The first kappa shape index (κ1) is 56.9.